The van der Waals surface area contributed by atoms with Gasteiger partial charge in [-0.05, 0) is 139 Å². The first kappa shape index (κ1) is 35.8. The molecule has 5 aliphatic carbocycles. The van der Waals surface area contributed by atoms with Crippen LogP contribution >= 0.6 is 0 Å². The number of amides is 1. The molecule has 7 rings (SSSR count). The number of rotatable bonds is 6. The second-order valence-corrected chi connectivity index (χ2v) is 18.9. The Morgan fingerprint density at radius 2 is 1.56 bits per heavy atom. The Morgan fingerprint density at radius 1 is 0.880 bits per heavy atom. The molecular weight excluding hydrogens is 630 g/mol. The van der Waals surface area contributed by atoms with Crippen molar-refractivity contribution in [3.63, 3.8) is 0 Å². The van der Waals surface area contributed by atoms with Gasteiger partial charge in [0.1, 0.15) is 0 Å². The van der Waals surface area contributed by atoms with Crippen molar-refractivity contribution in [2.24, 2.45) is 51.2 Å². The van der Waals surface area contributed by atoms with Crippen molar-refractivity contribution in [1.29, 1.82) is 0 Å². The topological polar surface area (TPSA) is 69.6 Å². The van der Waals surface area contributed by atoms with Crippen LogP contribution in [0.4, 0.5) is 8.78 Å². The maximum absolute atomic E-state index is 13.8. The Bertz CT molecular complexity index is 1570. The minimum Gasteiger partial charge on any atom is -0.478 e. The van der Waals surface area contributed by atoms with E-state index in [0.29, 0.717) is 35.2 Å². The van der Waals surface area contributed by atoms with Crippen LogP contribution in [0.2, 0.25) is 0 Å². The zero-order chi connectivity index (χ0) is 36.1. The normalized spacial score (nSPS) is 41.8. The summed E-state index contributed by atoms with van der Waals surface area (Å²) in [5, 5.41) is 13.1. The summed E-state index contributed by atoms with van der Waals surface area (Å²) in [5.74, 6) is -1.16. The Hall–Kier alpha value is -2.54. The van der Waals surface area contributed by atoms with Gasteiger partial charge in [0.15, 0.2) is 0 Å². The molecule has 274 valence electrons. The first-order valence-electron chi connectivity index (χ1n) is 19.5. The Morgan fingerprint density at radius 3 is 2.20 bits per heavy atom. The van der Waals surface area contributed by atoms with Gasteiger partial charge < -0.3 is 10.4 Å². The van der Waals surface area contributed by atoms with Gasteiger partial charge in [-0.15, -0.1) is 0 Å². The molecule has 1 heterocycles. The summed E-state index contributed by atoms with van der Waals surface area (Å²) >= 11 is 0. The summed E-state index contributed by atoms with van der Waals surface area (Å²) in [5.41, 5.74) is 4.23. The molecule has 0 aromatic heterocycles. The average Bonchev–Trinajstić information content (AvgIpc) is 3.42. The van der Waals surface area contributed by atoms with E-state index in [4.69, 9.17) is 0 Å². The number of nitrogens with one attached hydrogen (secondary N) is 1. The maximum Gasteiger partial charge on any atom is 0.335 e. The molecule has 9 atom stereocenters. The number of aromatic carboxylic acids is 1. The number of piperidine rings is 1. The SMILES string of the molecule is C=C(C)C1CC[C@]2(NC(=O)CN3CCC(F)(F)CC3)CC[C@]3(C)[C@H](CCC4[C@@]5(C)CC=C(c6ccc(C(=O)O)cc6)C(C)(C)C5CC[C@]43C)C12. The van der Waals surface area contributed by atoms with Gasteiger partial charge in [0.25, 0.3) is 5.92 Å². The lowest BCUT2D eigenvalue weighted by Crippen LogP contribution is -2.68. The Balaban J connectivity index is 1.16. The highest BCUT2D eigenvalue weighted by molar-refractivity contribution is 5.88. The number of hydrogen-bond acceptors (Lipinski definition) is 3. The summed E-state index contributed by atoms with van der Waals surface area (Å²) in [7, 11) is 0. The minimum absolute atomic E-state index is 0.00345. The summed E-state index contributed by atoms with van der Waals surface area (Å²) in [6, 6.07) is 7.47. The highest BCUT2D eigenvalue weighted by Crippen LogP contribution is 2.76. The first-order valence-corrected chi connectivity index (χ1v) is 19.5. The van der Waals surface area contributed by atoms with Crippen molar-refractivity contribution in [3.8, 4) is 0 Å². The fraction of sp³-hybridized carbons (Fsp3) is 0.721. The van der Waals surface area contributed by atoms with E-state index in [9.17, 15) is 23.5 Å². The van der Waals surface area contributed by atoms with Crippen molar-refractivity contribution in [2.45, 2.75) is 124 Å². The van der Waals surface area contributed by atoms with Gasteiger partial charge in [-0.2, -0.15) is 0 Å². The van der Waals surface area contributed by atoms with Gasteiger partial charge in [0.05, 0.1) is 12.1 Å². The first-order chi connectivity index (χ1) is 23.4. The number of carbonyl (C=O) groups is 2. The van der Waals surface area contributed by atoms with E-state index in [1.807, 2.05) is 17.0 Å². The molecule has 1 aromatic carbocycles. The van der Waals surface area contributed by atoms with E-state index in [2.05, 4.69) is 59.5 Å². The number of likely N-dealkylation sites (tertiary alicyclic amines) is 1. The number of carboxylic acid groups (broad SMARTS) is 1. The standard InChI is InChI=1S/C43H60F2N2O3/c1-27(2)30-14-19-42(46-35(48)26-47-24-22-43(44,45)23-25-47)21-20-40(6)32(36(30)42)12-13-34-39(5)17-15-31(28-8-10-29(11-9-28)37(49)50)38(3,4)33(39)16-18-41(34,40)7/h8-11,15,30,32-34,36H,1,12-14,16-26H2,2-7H3,(H,46,48)(H,49,50)/t30?,32-,33?,34?,36?,39+,40-,41-,42+/m1/s1. The van der Waals surface area contributed by atoms with Crippen molar-refractivity contribution in [3.05, 3.63) is 53.6 Å². The van der Waals surface area contributed by atoms with Crippen LogP contribution in [0.5, 0.6) is 0 Å². The monoisotopic (exact) mass is 690 g/mol. The lowest BCUT2D eigenvalue weighted by atomic mass is 9.33. The summed E-state index contributed by atoms with van der Waals surface area (Å²) in [4.78, 5) is 27.2. The van der Waals surface area contributed by atoms with Crippen molar-refractivity contribution < 1.29 is 23.5 Å². The third-order valence-electron chi connectivity index (χ3n) is 16.4. The molecule has 4 unspecified atom stereocenters. The molecule has 0 spiro atoms. The number of halogens is 2. The molecule has 2 N–H and O–H groups in total. The van der Waals surface area contributed by atoms with Crippen LogP contribution in [0.1, 0.15) is 128 Å². The van der Waals surface area contributed by atoms with Gasteiger partial charge in [-0.25, -0.2) is 13.6 Å². The van der Waals surface area contributed by atoms with Gasteiger partial charge in [-0.1, -0.05) is 65.0 Å². The molecule has 1 aliphatic heterocycles. The predicted octanol–water partition coefficient (Wildman–Crippen LogP) is 9.64. The van der Waals surface area contributed by atoms with Crippen molar-refractivity contribution >= 4 is 17.4 Å². The van der Waals surface area contributed by atoms with Gasteiger partial charge >= 0.3 is 5.97 Å². The smallest absolute Gasteiger partial charge is 0.335 e. The lowest BCUT2D eigenvalue weighted by molar-refractivity contribution is -0.219. The Labute approximate surface area is 298 Å². The zero-order valence-corrected chi connectivity index (χ0v) is 31.3. The van der Waals surface area contributed by atoms with E-state index < -0.39 is 11.9 Å². The number of benzene rings is 1. The molecule has 50 heavy (non-hydrogen) atoms. The third kappa shape index (κ3) is 5.36. The number of carboxylic acids is 1. The van der Waals surface area contributed by atoms with Crippen LogP contribution in [-0.2, 0) is 4.79 Å². The van der Waals surface area contributed by atoms with Crippen LogP contribution in [-0.4, -0.2) is 53.0 Å². The number of fused-ring (bicyclic) bond motifs is 7. The number of carbonyl (C=O) groups excluding carboxylic acids is 1. The highest BCUT2D eigenvalue weighted by Gasteiger charge is 2.70. The molecule has 1 saturated heterocycles. The molecule has 6 aliphatic rings. The van der Waals surface area contributed by atoms with Crippen LogP contribution in [0, 0.1) is 51.2 Å². The number of allylic oxidation sites excluding steroid dienone is 3. The zero-order valence-electron chi connectivity index (χ0n) is 31.3. The molecule has 1 amide bonds. The van der Waals surface area contributed by atoms with Crippen molar-refractivity contribution in [2.75, 3.05) is 19.6 Å². The molecule has 4 saturated carbocycles. The second-order valence-electron chi connectivity index (χ2n) is 18.9. The second kappa shape index (κ2) is 12.0. The van der Waals surface area contributed by atoms with Gasteiger partial charge in [-0.3, -0.25) is 9.69 Å². The van der Waals surface area contributed by atoms with Crippen LogP contribution in [0.25, 0.3) is 5.57 Å². The van der Waals surface area contributed by atoms with E-state index in [1.165, 1.54) is 36.8 Å². The number of nitrogens with zero attached hydrogens (tertiary/aromatic N) is 1. The molecule has 5 fully saturated rings. The predicted molar refractivity (Wildman–Crippen MR) is 195 cm³/mol. The van der Waals surface area contributed by atoms with E-state index in [0.717, 1.165) is 37.7 Å². The van der Waals surface area contributed by atoms with Crippen molar-refractivity contribution in [1.82, 2.24) is 10.2 Å². The van der Waals surface area contributed by atoms with Crippen LogP contribution < -0.4 is 5.32 Å². The molecular formula is C43H60F2N2O3. The molecule has 0 bridgehead atoms. The van der Waals surface area contributed by atoms with Crippen LogP contribution in [0.3, 0.4) is 0 Å². The number of hydrogen-bond donors (Lipinski definition) is 2. The fourth-order valence-electron chi connectivity index (χ4n) is 13.8. The fourth-order valence-corrected chi connectivity index (χ4v) is 13.8. The van der Waals surface area contributed by atoms with E-state index in [-0.39, 0.29) is 65.6 Å². The maximum atomic E-state index is 13.8. The summed E-state index contributed by atoms with van der Waals surface area (Å²) in [6.07, 6.45) is 12.0. The van der Waals surface area contributed by atoms with Gasteiger partial charge in [0, 0.05) is 31.5 Å². The highest BCUT2D eigenvalue weighted by atomic mass is 19.3. The number of alkyl halides is 2. The minimum atomic E-state index is -2.61. The van der Waals surface area contributed by atoms with Gasteiger partial charge in [0.2, 0.25) is 5.91 Å². The molecule has 7 heteroatoms. The lowest BCUT2D eigenvalue weighted by Gasteiger charge is -2.72. The van der Waals surface area contributed by atoms with E-state index >= 15 is 0 Å². The third-order valence-corrected chi connectivity index (χ3v) is 16.4. The largest absolute Gasteiger partial charge is 0.478 e. The quantitative estimate of drug-likeness (QED) is 0.292. The molecule has 0 radical (unpaired) electrons. The summed E-state index contributed by atoms with van der Waals surface area (Å²) in [6.45, 7) is 20.1. The Kier molecular flexibility index (Phi) is 8.60. The molecule has 1 aromatic rings. The van der Waals surface area contributed by atoms with Crippen LogP contribution in [0.15, 0.2) is 42.5 Å². The summed E-state index contributed by atoms with van der Waals surface area (Å²) < 4.78 is 27.7. The molecule has 5 nitrogen and oxygen atoms in total. The van der Waals surface area contributed by atoms with E-state index in [1.54, 1.807) is 12.1 Å². The average molecular weight is 691 g/mol.